The number of anilines is 1. The Labute approximate surface area is 160 Å². The van der Waals surface area contributed by atoms with E-state index in [1.165, 1.54) is 11.3 Å². The normalized spacial score (nSPS) is 19.9. The summed E-state index contributed by atoms with van der Waals surface area (Å²) < 4.78 is 7.87. The summed E-state index contributed by atoms with van der Waals surface area (Å²) in [6, 6.07) is 9.75. The molecule has 1 aliphatic rings. The van der Waals surface area contributed by atoms with Crippen molar-refractivity contribution in [3.8, 4) is 10.8 Å². The summed E-state index contributed by atoms with van der Waals surface area (Å²) in [7, 11) is 1.89. The van der Waals surface area contributed by atoms with Crippen LogP contribution in [0.15, 0.2) is 42.7 Å². The van der Waals surface area contributed by atoms with Gasteiger partial charge in [-0.05, 0) is 12.5 Å². The molecule has 2 aromatic heterocycles. The van der Waals surface area contributed by atoms with Gasteiger partial charge in [-0.2, -0.15) is 0 Å². The molecule has 0 saturated carbocycles. The van der Waals surface area contributed by atoms with E-state index < -0.39 is 0 Å². The second-order valence-corrected chi connectivity index (χ2v) is 7.43. The summed E-state index contributed by atoms with van der Waals surface area (Å²) in [6.45, 7) is 2.99. The summed E-state index contributed by atoms with van der Waals surface area (Å²) in [5.41, 5.74) is 1.06. The van der Waals surface area contributed by atoms with Gasteiger partial charge >= 0.3 is 6.03 Å². The molecule has 0 aliphatic carbocycles. The molecule has 1 saturated heterocycles. The number of urea groups is 1. The van der Waals surface area contributed by atoms with E-state index in [2.05, 4.69) is 20.5 Å². The first-order valence-corrected chi connectivity index (χ1v) is 9.49. The number of benzene rings is 1. The van der Waals surface area contributed by atoms with E-state index in [1.807, 2.05) is 55.1 Å². The molecule has 0 bridgehead atoms. The number of carbonyl (C=O) groups excluding carboxylic acids is 1. The van der Waals surface area contributed by atoms with Gasteiger partial charge in [-0.15, -0.1) is 10.2 Å². The molecule has 140 valence electrons. The van der Waals surface area contributed by atoms with Crippen molar-refractivity contribution in [1.82, 2.24) is 24.6 Å². The van der Waals surface area contributed by atoms with E-state index in [9.17, 15) is 4.79 Å². The van der Waals surface area contributed by atoms with Gasteiger partial charge < -0.3 is 14.2 Å². The zero-order chi connectivity index (χ0) is 18.8. The Balaban J connectivity index is 1.45. The van der Waals surface area contributed by atoms with Gasteiger partial charge in [0.25, 0.3) is 0 Å². The molecule has 27 heavy (non-hydrogen) atoms. The van der Waals surface area contributed by atoms with Crippen molar-refractivity contribution in [3.05, 3.63) is 48.3 Å². The molecule has 1 N–H and O–H groups in total. The molecule has 0 spiro atoms. The Hall–Kier alpha value is -2.78. The minimum atomic E-state index is -0.200. The molecule has 2 amide bonds. The van der Waals surface area contributed by atoms with E-state index in [1.54, 1.807) is 11.1 Å². The monoisotopic (exact) mass is 384 g/mol. The highest BCUT2D eigenvalue weighted by Gasteiger charge is 2.29. The van der Waals surface area contributed by atoms with Crippen molar-refractivity contribution in [2.24, 2.45) is 7.05 Å². The number of nitrogens with one attached hydrogen (secondary N) is 1. The minimum absolute atomic E-state index is 0.0488. The highest BCUT2D eigenvalue weighted by atomic mass is 32.1. The Morgan fingerprint density at radius 1 is 1.26 bits per heavy atom. The number of morpholine rings is 1. The van der Waals surface area contributed by atoms with Gasteiger partial charge in [0.15, 0.2) is 10.8 Å². The average molecular weight is 384 g/mol. The first kappa shape index (κ1) is 17.6. The molecule has 8 nitrogen and oxygen atoms in total. The van der Waals surface area contributed by atoms with Gasteiger partial charge in [0.1, 0.15) is 6.10 Å². The van der Waals surface area contributed by atoms with Crippen LogP contribution in [0.4, 0.5) is 9.93 Å². The second-order valence-electron chi connectivity index (χ2n) is 6.46. The van der Waals surface area contributed by atoms with Crippen molar-refractivity contribution in [1.29, 1.82) is 0 Å². The first-order chi connectivity index (χ1) is 13.1. The Morgan fingerprint density at radius 2 is 2.07 bits per heavy atom. The van der Waals surface area contributed by atoms with Crippen molar-refractivity contribution in [2.45, 2.75) is 19.1 Å². The van der Waals surface area contributed by atoms with Crippen LogP contribution in [-0.2, 0) is 11.8 Å². The van der Waals surface area contributed by atoms with E-state index >= 15 is 0 Å². The maximum atomic E-state index is 12.7. The number of aryl methyl sites for hydroxylation is 1. The van der Waals surface area contributed by atoms with Crippen LogP contribution in [0.1, 0.15) is 18.6 Å². The van der Waals surface area contributed by atoms with Crippen molar-refractivity contribution >= 4 is 22.5 Å². The molecule has 3 aromatic rings. The fraction of sp³-hybridized carbons (Fsp3) is 0.333. The number of aromatic nitrogens is 4. The molecule has 0 unspecified atom stereocenters. The van der Waals surface area contributed by atoms with Crippen LogP contribution in [0.25, 0.3) is 10.8 Å². The SMILES string of the molecule is C[C@@H]1CN(C(=O)Nc2nnc(-c3nccn3C)s2)C[C@H](c2ccccc2)O1. The minimum Gasteiger partial charge on any atom is -0.367 e. The topological polar surface area (TPSA) is 85.2 Å². The number of hydrogen-bond acceptors (Lipinski definition) is 6. The van der Waals surface area contributed by atoms with Crippen LogP contribution in [0.5, 0.6) is 0 Å². The Morgan fingerprint density at radius 3 is 2.81 bits per heavy atom. The average Bonchev–Trinajstić information content (AvgIpc) is 3.30. The molecule has 4 rings (SSSR count). The van der Waals surface area contributed by atoms with Crippen LogP contribution >= 0.6 is 11.3 Å². The fourth-order valence-corrected chi connectivity index (χ4v) is 3.85. The molecule has 1 aromatic carbocycles. The maximum Gasteiger partial charge on any atom is 0.323 e. The molecule has 3 heterocycles. The van der Waals surface area contributed by atoms with Crippen molar-refractivity contribution in [2.75, 3.05) is 18.4 Å². The Bertz CT molecular complexity index is 925. The number of carbonyl (C=O) groups is 1. The van der Waals surface area contributed by atoms with E-state index in [4.69, 9.17) is 4.74 Å². The molecular formula is C18H20N6O2S. The van der Waals surface area contributed by atoms with Crippen molar-refractivity contribution in [3.63, 3.8) is 0 Å². The van der Waals surface area contributed by atoms with E-state index in [-0.39, 0.29) is 18.2 Å². The zero-order valence-electron chi connectivity index (χ0n) is 15.1. The second kappa shape index (κ2) is 7.45. The number of hydrogen-bond donors (Lipinski definition) is 1. The molecule has 9 heteroatoms. The summed E-state index contributed by atoms with van der Waals surface area (Å²) in [4.78, 5) is 18.7. The number of ether oxygens (including phenoxy) is 1. The van der Waals surface area contributed by atoms with Crippen LogP contribution in [-0.4, -0.2) is 49.9 Å². The molecule has 1 fully saturated rings. The summed E-state index contributed by atoms with van der Waals surface area (Å²) in [6.07, 6.45) is 3.35. The number of imidazole rings is 1. The molecular weight excluding hydrogens is 364 g/mol. The third-order valence-corrected chi connectivity index (χ3v) is 5.20. The first-order valence-electron chi connectivity index (χ1n) is 8.67. The lowest BCUT2D eigenvalue weighted by atomic mass is 10.1. The summed E-state index contributed by atoms with van der Waals surface area (Å²) in [5, 5.41) is 12.2. The lowest BCUT2D eigenvalue weighted by molar-refractivity contribution is -0.0642. The predicted octanol–water partition coefficient (Wildman–Crippen LogP) is 2.93. The predicted molar refractivity (Wildman–Crippen MR) is 102 cm³/mol. The largest absolute Gasteiger partial charge is 0.367 e. The number of rotatable bonds is 3. The van der Waals surface area contributed by atoms with Gasteiger partial charge in [-0.3, -0.25) is 5.32 Å². The molecule has 0 radical (unpaired) electrons. The van der Waals surface area contributed by atoms with Crippen LogP contribution < -0.4 is 5.32 Å². The van der Waals surface area contributed by atoms with Gasteiger partial charge in [-0.1, -0.05) is 41.7 Å². The smallest absolute Gasteiger partial charge is 0.323 e. The molecule has 2 atom stereocenters. The third-order valence-electron chi connectivity index (χ3n) is 4.37. The van der Waals surface area contributed by atoms with Crippen LogP contribution in [0.2, 0.25) is 0 Å². The highest BCUT2D eigenvalue weighted by molar-refractivity contribution is 7.18. The summed E-state index contributed by atoms with van der Waals surface area (Å²) >= 11 is 1.30. The fourth-order valence-electron chi connectivity index (χ4n) is 3.08. The zero-order valence-corrected chi connectivity index (χ0v) is 15.9. The quantitative estimate of drug-likeness (QED) is 0.750. The standard InChI is InChI=1S/C18H20N6O2S/c1-12-10-24(11-14(26-12)13-6-4-3-5-7-13)18(25)20-17-22-21-16(27-17)15-19-8-9-23(15)2/h3-9,12,14H,10-11H2,1-2H3,(H,20,22,25)/t12-,14-/m1/s1. The lowest BCUT2D eigenvalue weighted by Crippen LogP contribution is -2.47. The maximum absolute atomic E-state index is 12.7. The number of amides is 2. The van der Waals surface area contributed by atoms with Gasteiger partial charge in [-0.25, -0.2) is 9.78 Å². The van der Waals surface area contributed by atoms with E-state index in [0.29, 0.717) is 23.2 Å². The Kier molecular flexibility index (Phi) is 4.87. The number of nitrogens with zero attached hydrogens (tertiary/aromatic N) is 5. The van der Waals surface area contributed by atoms with Gasteiger partial charge in [0.05, 0.1) is 12.6 Å². The van der Waals surface area contributed by atoms with E-state index in [0.717, 1.165) is 11.4 Å². The van der Waals surface area contributed by atoms with Crippen LogP contribution in [0.3, 0.4) is 0 Å². The summed E-state index contributed by atoms with van der Waals surface area (Å²) in [5.74, 6) is 0.720. The van der Waals surface area contributed by atoms with Gasteiger partial charge in [0, 0.05) is 26.0 Å². The van der Waals surface area contributed by atoms with Crippen LogP contribution in [0, 0.1) is 0 Å². The lowest BCUT2D eigenvalue weighted by Gasteiger charge is -2.36. The highest BCUT2D eigenvalue weighted by Crippen LogP contribution is 2.27. The van der Waals surface area contributed by atoms with Gasteiger partial charge in [0.2, 0.25) is 5.13 Å². The van der Waals surface area contributed by atoms with Crippen molar-refractivity contribution < 1.29 is 9.53 Å². The third kappa shape index (κ3) is 3.83. The molecule has 1 aliphatic heterocycles.